The highest BCUT2D eigenvalue weighted by atomic mass is 35.5. The first kappa shape index (κ1) is 22.5. The molecule has 1 amide bonds. The molecule has 1 aliphatic rings. The van der Waals surface area contributed by atoms with E-state index in [0.29, 0.717) is 44.6 Å². The predicted octanol–water partition coefficient (Wildman–Crippen LogP) is 4.33. The van der Waals surface area contributed by atoms with Gasteiger partial charge in [0.05, 0.1) is 24.4 Å². The Morgan fingerprint density at radius 2 is 1.72 bits per heavy atom. The van der Waals surface area contributed by atoms with Crippen molar-refractivity contribution >= 4 is 45.1 Å². The summed E-state index contributed by atoms with van der Waals surface area (Å²) >= 11 is 7.53. The van der Waals surface area contributed by atoms with Crippen LogP contribution in [0.2, 0.25) is 5.02 Å². The van der Waals surface area contributed by atoms with Crippen LogP contribution in [-0.4, -0.2) is 27.1 Å². The molecule has 7 nitrogen and oxygen atoms in total. The number of carbonyl (C=O) groups is 1. The summed E-state index contributed by atoms with van der Waals surface area (Å²) in [5, 5.41) is 5.02. The lowest BCUT2D eigenvalue weighted by molar-refractivity contribution is -0.113. The molecule has 3 aromatic carbocycles. The van der Waals surface area contributed by atoms with Gasteiger partial charge in [-0.25, -0.2) is 0 Å². The lowest BCUT2D eigenvalue weighted by Gasteiger charge is -2.17. The third-order valence-electron chi connectivity index (χ3n) is 6.02. The molecule has 0 saturated carbocycles. The van der Waals surface area contributed by atoms with Crippen molar-refractivity contribution in [3.63, 3.8) is 0 Å². The Hall–Kier alpha value is -4.01. The van der Waals surface area contributed by atoms with Crippen LogP contribution in [0.1, 0.15) is 18.1 Å². The Labute approximate surface area is 214 Å². The molecule has 0 saturated heterocycles. The summed E-state index contributed by atoms with van der Waals surface area (Å²) in [5.41, 5.74) is 3.05. The monoisotopic (exact) mass is 514 g/mol. The normalized spacial score (nSPS) is 14.5. The zero-order valence-electron chi connectivity index (χ0n) is 19.1. The molecular formula is C27H19ClN4O3S. The minimum Gasteiger partial charge on any atom is -0.494 e. The van der Waals surface area contributed by atoms with E-state index in [9.17, 15) is 9.59 Å². The average molecular weight is 515 g/mol. The van der Waals surface area contributed by atoms with Gasteiger partial charge in [0.25, 0.3) is 11.5 Å². The number of benzene rings is 3. The molecule has 0 spiro atoms. The standard InChI is InChI=1S/C27H19ClN4O3S/c1-2-35-18-13-11-16(12-14-18)24-29-27-32(30-24)26(34)23(36-27)22-19-8-4-6-10-21(19)31(25(22)33)15-17-7-3-5-9-20(17)28/h3-14H,2,15H2,1H3/b23-22-. The van der Waals surface area contributed by atoms with E-state index in [1.54, 1.807) is 11.0 Å². The molecule has 0 unspecified atom stereocenters. The van der Waals surface area contributed by atoms with Gasteiger partial charge in [-0.15, -0.1) is 5.10 Å². The van der Waals surface area contributed by atoms with Crippen molar-refractivity contribution in [1.29, 1.82) is 0 Å². The van der Waals surface area contributed by atoms with Crippen molar-refractivity contribution in [2.45, 2.75) is 13.5 Å². The van der Waals surface area contributed by atoms with Crippen LogP contribution in [0.25, 0.3) is 21.9 Å². The molecular weight excluding hydrogens is 496 g/mol. The predicted molar refractivity (Wildman–Crippen MR) is 141 cm³/mol. The van der Waals surface area contributed by atoms with E-state index in [-0.39, 0.29) is 11.5 Å². The molecule has 0 N–H and O–H groups in total. The quantitative estimate of drug-likeness (QED) is 0.349. The van der Waals surface area contributed by atoms with E-state index in [1.807, 2.05) is 73.7 Å². The summed E-state index contributed by atoms with van der Waals surface area (Å²) in [4.78, 5) is 33.7. The lowest BCUT2D eigenvalue weighted by atomic mass is 10.1. The number of fused-ring (bicyclic) bond motifs is 2. The molecule has 5 aromatic rings. The molecule has 36 heavy (non-hydrogen) atoms. The van der Waals surface area contributed by atoms with Crippen LogP contribution in [0.3, 0.4) is 0 Å². The first-order valence-corrected chi connectivity index (χ1v) is 12.6. The van der Waals surface area contributed by atoms with Crippen molar-refractivity contribution in [1.82, 2.24) is 14.6 Å². The molecule has 178 valence electrons. The lowest BCUT2D eigenvalue weighted by Crippen LogP contribution is -2.32. The van der Waals surface area contributed by atoms with Gasteiger partial charge in [-0.05, 0) is 48.9 Å². The summed E-state index contributed by atoms with van der Waals surface area (Å²) in [6.07, 6.45) is 0. The second-order valence-corrected chi connectivity index (χ2v) is 9.58. The van der Waals surface area contributed by atoms with Gasteiger partial charge >= 0.3 is 0 Å². The van der Waals surface area contributed by atoms with Gasteiger partial charge in [0.2, 0.25) is 4.96 Å². The van der Waals surface area contributed by atoms with E-state index in [1.165, 1.54) is 15.9 Å². The molecule has 0 radical (unpaired) electrons. The summed E-state index contributed by atoms with van der Waals surface area (Å²) in [7, 11) is 0. The highest BCUT2D eigenvalue weighted by molar-refractivity contribution is 7.15. The molecule has 0 bridgehead atoms. The number of hydrogen-bond donors (Lipinski definition) is 0. The van der Waals surface area contributed by atoms with Crippen LogP contribution in [0.4, 0.5) is 5.69 Å². The number of thiazole rings is 1. The van der Waals surface area contributed by atoms with E-state index in [4.69, 9.17) is 16.3 Å². The Kier molecular flexibility index (Phi) is 5.55. The van der Waals surface area contributed by atoms with Gasteiger partial charge in [-0.2, -0.15) is 9.50 Å². The minimum absolute atomic E-state index is 0.246. The minimum atomic E-state index is -0.363. The van der Waals surface area contributed by atoms with Crippen LogP contribution in [0, 0.1) is 0 Å². The molecule has 1 aliphatic heterocycles. The van der Waals surface area contributed by atoms with Gasteiger partial charge in [0.15, 0.2) is 5.82 Å². The molecule has 2 aromatic heterocycles. The third-order valence-corrected chi connectivity index (χ3v) is 7.42. The fourth-order valence-electron chi connectivity index (χ4n) is 4.33. The van der Waals surface area contributed by atoms with Crippen LogP contribution < -0.4 is 19.7 Å². The highest BCUT2D eigenvalue weighted by Crippen LogP contribution is 2.37. The number of rotatable bonds is 5. The molecule has 3 heterocycles. The van der Waals surface area contributed by atoms with Gasteiger partial charge in [-0.1, -0.05) is 59.3 Å². The van der Waals surface area contributed by atoms with Crippen molar-refractivity contribution in [2.24, 2.45) is 0 Å². The summed E-state index contributed by atoms with van der Waals surface area (Å²) in [6, 6.07) is 22.3. The Morgan fingerprint density at radius 3 is 2.47 bits per heavy atom. The Balaban J connectivity index is 1.44. The molecule has 0 atom stereocenters. The van der Waals surface area contributed by atoms with Crippen molar-refractivity contribution < 1.29 is 9.53 Å². The maximum absolute atomic E-state index is 13.7. The molecule has 0 aliphatic carbocycles. The summed E-state index contributed by atoms with van der Waals surface area (Å²) < 4.78 is 7.07. The first-order chi connectivity index (χ1) is 17.5. The number of ether oxygens (including phenoxy) is 1. The average Bonchev–Trinajstić information content (AvgIpc) is 3.52. The number of anilines is 1. The van der Waals surface area contributed by atoms with Crippen LogP contribution >= 0.6 is 22.9 Å². The fraction of sp³-hybridized carbons (Fsp3) is 0.111. The van der Waals surface area contributed by atoms with Crippen LogP contribution in [0.5, 0.6) is 5.75 Å². The van der Waals surface area contributed by atoms with Gasteiger partial charge < -0.3 is 9.64 Å². The van der Waals surface area contributed by atoms with E-state index in [2.05, 4.69) is 10.1 Å². The fourth-order valence-corrected chi connectivity index (χ4v) is 5.52. The second kappa shape index (κ2) is 8.89. The molecule has 9 heteroatoms. The van der Waals surface area contributed by atoms with Crippen molar-refractivity contribution in [3.05, 3.63) is 104 Å². The largest absolute Gasteiger partial charge is 0.494 e. The molecule has 0 fully saturated rings. The number of aromatic nitrogens is 3. The van der Waals surface area contributed by atoms with Crippen LogP contribution in [-0.2, 0) is 11.3 Å². The zero-order valence-corrected chi connectivity index (χ0v) is 20.7. The number of nitrogens with zero attached hydrogens (tertiary/aromatic N) is 4. The number of hydrogen-bond acceptors (Lipinski definition) is 6. The van der Waals surface area contributed by atoms with Crippen LogP contribution in [0.15, 0.2) is 77.6 Å². The van der Waals surface area contributed by atoms with E-state index in [0.717, 1.165) is 22.6 Å². The van der Waals surface area contributed by atoms with E-state index < -0.39 is 0 Å². The number of carbonyl (C=O) groups excluding carboxylic acids is 1. The number of para-hydroxylation sites is 1. The van der Waals surface area contributed by atoms with Crippen molar-refractivity contribution in [2.75, 3.05) is 11.5 Å². The summed E-state index contributed by atoms with van der Waals surface area (Å²) in [6.45, 7) is 2.81. The third kappa shape index (κ3) is 3.66. The van der Waals surface area contributed by atoms with Gasteiger partial charge in [0.1, 0.15) is 10.3 Å². The van der Waals surface area contributed by atoms with E-state index >= 15 is 0 Å². The Morgan fingerprint density at radius 1 is 0.972 bits per heavy atom. The maximum atomic E-state index is 13.7. The number of amides is 1. The molecule has 6 rings (SSSR count). The first-order valence-electron chi connectivity index (χ1n) is 11.4. The smallest absolute Gasteiger partial charge is 0.291 e. The highest BCUT2D eigenvalue weighted by Gasteiger charge is 2.34. The number of halogens is 1. The second-order valence-electron chi connectivity index (χ2n) is 8.20. The van der Waals surface area contributed by atoms with Crippen molar-refractivity contribution in [3.8, 4) is 17.1 Å². The summed E-state index contributed by atoms with van der Waals surface area (Å²) in [5.74, 6) is 0.950. The van der Waals surface area contributed by atoms with Gasteiger partial charge in [0, 0.05) is 16.1 Å². The SMILES string of the molecule is CCOc1ccc(-c2nc3s/c(=C4\C(=O)N(Cc5ccccc5Cl)c5ccccc54)c(=O)n3n2)cc1. The Bertz CT molecular complexity index is 1740. The van der Waals surface area contributed by atoms with Gasteiger partial charge in [-0.3, -0.25) is 9.59 Å². The zero-order chi connectivity index (χ0) is 24.8. The maximum Gasteiger partial charge on any atom is 0.291 e. The topological polar surface area (TPSA) is 76.8 Å².